The molecule has 1 saturated heterocycles. The highest BCUT2D eigenvalue weighted by atomic mass is 16.2. The fourth-order valence-corrected chi connectivity index (χ4v) is 2.31. The molecule has 1 aromatic carbocycles. The van der Waals surface area contributed by atoms with E-state index in [0.717, 1.165) is 38.2 Å². The average molecular weight is 261 g/mol. The third kappa shape index (κ3) is 3.78. The van der Waals surface area contributed by atoms with Gasteiger partial charge in [-0.2, -0.15) is 0 Å². The first-order chi connectivity index (χ1) is 9.33. The van der Waals surface area contributed by atoms with Gasteiger partial charge in [0.25, 0.3) is 0 Å². The van der Waals surface area contributed by atoms with Crippen LogP contribution in [0.15, 0.2) is 30.3 Å². The van der Waals surface area contributed by atoms with Gasteiger partial charge >= 0.3 is 0 Å². The highest BCUT2D eigenvalue weighted by Gasteiger charge is 2.26. The van der Waals surface area contributed by atoms with Crippen molar-refractivity contribution < 1.29 is 4.79 Å². The molecular formula is C15H23N3O. The van der Waals surface area contributed by atoms with Crippen LogP contribution < -0.4 is 15.5 Å². The van der Waals surface area contributed by atoms with Crippen molar-refractivity contribution in [3.8, 4) is 0 Å². The van der Waals surface area contributed by atoms with E-state index in [4.69, 9.17) is 0 Å². The van der Waals surface area contributed by atoms with Crippen molar-refractivity contribution in [1.82, 2.24) is 10.6 Å². The van der Waals surface area contributed by atoms with Crippen LogP contribution in [0.3, 0.4) is 0 Å². The van der Waals surface area contributed by atoms with E-state index in [1.807, 2.05) is 35.2 Å². The first-order valence-corrected chi connectivity index (χ1v) is 7.13. The van der Waals surface area contributed by atoms with E-state index < -0.39 is 0 Å². The van der Waals surface area contributed by atoms with Crippen molar-refractivity contribution in [2.24, 2.45) is 0 Å². The quantitative estimate of drug-likeness (QED) is 0.841. The van der Waals surface area contributed by atoms with Gasteiger partial charge in [-0.25, -0.2) is 0 Å². The number of amides is 1. The Morgan fingerprint density at radius 1 is 1.32 bits per heavy atom. The lowest BCUT2D eigenvalue weighted by molar-refractivity contribution is -0.120. The van der Waals surface area contributed by atoms with Gasteiger partial charge in [0.2, 0.25) is 5.91 Å². The number of benzene rings is 1. The van der Waals surface area contributed by atoms with Crippen LogP contribution in [0.1, 0.15) is 19.8 Å². The highest BCUT2D eigenvalue weighted by molar-refractivity contribution is 5.97. The van der Waals surface area contributed by atoms with Gasteiger partial charge in [0.15, 0.2) is 0 Å². The monoisotopic (exact) mass is 261 g/mol. The predicted molar refractivity (Wildman–Crippen MR) is 78.4 cm³/mol. The van der Waals surface area contributed by atoms with Gasteiger partial charge in [0.1, 0.15) is 0 Å². The molecule has 19 heavy (non-hydrogen) atoms. The molecule has 0 saturated carbocycles. The van der Waals surface area contributed by atoms with Gasteiger partial charge in [-0.05, 0) is 18.6 Å². The summed E-state index contributed by atoms with van der Waals surface area (Å²) in [5, 5.41) is 6.56. The third-order valence-corrected chi connectivity index (χ3v) is 3.41. The summed E-state index contributed by atoms with van der Waals surface area (Å²) in [5.41, 5.74) is 0.994. The molecule has 104 valence electrons. The molecule has 1 aromatic rings. The van der Waals surface area contributed by atoms with E-state index >= 15 is 0 Å². The maximum Gasteiger partial charge on any atom is 0.245 e. The maximum atomic E-state index is 12.6. The third-order valence-electron chi connectivity index (χ3n) is 3.41. The minimum atomic E-state index is -0.106. The van der Waals surface area contributed by atoms with Crippen molar-refractivity contribution >= 4 is 11.6 Å². The molecule has 1 heterocycles. The second-order valence-electron chi connectivity index (χ2n) is 4.89. The molecule has 4 nitrogen and oxygen atoms in total. The number of nitrogens with one attached hydrogen (secondary N) is 2. The van der Waals surface area contributed by atoms with Crippen LogP contribution in [0, 0.1) is 0 Å². The normalized spacial score (nSPS) is 19.1. The molecule has 1 amide bonds. The molecule has 1 unspecified atom stereocenters. The van der Waals surface area contributed by atoms with Gasteiger partial charge < -0.3 is 15.5 Å². The van der Waals surface area contributed by atoms with Gasteiger partial charge in [0.05, 0.1) is 6.04 Å². The van der Waals surface area contributed by atoms with Crippen LogP contribution in [-0.4, -0.2) is 38.1 Å². The molecule has 0 bridgehead atoms. The van der Waals surface area contributed by atoms with Crippen molar-refractivity contribution in [2.75, 3.05) is 31.1 Å². The first-order valence-electron chi connectivity index (χ1n) is 7.13. The van der Waals surface area contributed by atoms with Crippen LogP contribution in [0.4, 0.5) is 5.69 Å². The van der Waals surface area contributed by atoms with E-state index in [1.165, 1.54) is 0 Å². The number of anilines is 1. The zero-order chi connectivity index (χ0) is 13.5. The molecule has 0 aromatic heterocycles. The number of carbonyl (C=O) groups is 1. The van der Waals surface area contributed by atoms with Crippen LogP contribution in [0.5, 0.6) is 0 Å². The largest absolute Gasteiger partial charge is 0.313 e. The number of nitrogens with zero attached hydrogens (tertiary/aromatic N) is 1. The fraction of sp³-hybridized carbons (Fsp3) is 0.533. The Bertz CT molecular complexity index is 388. The summed E-state index contributed by atoms with van der Waals surface area (Å²) in [6.45, 7) is 5.44. The number of para-hydroxylation sites is 1. The number of rotatable bonds is 5. The van der Waals surface area contributed by atoms with Gasteiger partial charge in [-0.15, -0.1) is 0 Å². The highest BCUT2D eigenvalue weighted by Crippen LogP contribution is 2.15. The van der Waals surface area contributed by atoms with E-state index in [9.17, 15) is 4.79 Å². The Labute approximate surface area is 115 Å². The second kappa shape index (κ2) is 7.26. The van der Waals surface area contributed by atoms with E-state index in [-0.39, 0.29) is 11.9 Å². The number of hydrogen-bond acceptors (Lipinski definition) is 3. The zero-order valence-electron chi connectivity index (χ0n) is 11.6. The number of unbranched alkanes of at least 4 members (excludes halogenated alkanes) is 1. The molecule has 0 aliphatic carbocycles. The van der Waals surface area contributed by atoms with Gasteiger partial charge in [-0.1, -0.05) is 31.5 Å². The number of piperazine rings is 1. The lowest BCUT2D eigenvalue weighted by atomic mass is 10.1. The summed E-state index contributed by atoms with van der Waals surface area (Å²) in [6, 6.07) is 9.84. The molecule has 0 radical (unpaired) electrons. The van der Waals surface area contributed by atoms with Crippen molar-refractivity contribution in [2.45, 2.75) is 25.8 Å². The van der Waals surface area contributed by atoms with Crippen LogP contribution in [0.2, 0.25) is 0 Å². The van der Waals surface area contributed by atoms with Crippen LogP contribution >= 0.6 is 0 Å². The summed E-state index contributed by atoms with van der Waals surface area (Å²) in [4.78, 5) is 14.5. The fourth-order valence-electron chi connectivity index (χ4n) is 2.31. The average Bonchev–Trinajstić information content (AvgIpc) is 2.49. The summed E-state index contributed by atoms with van der Waals surface area (Å²) >= 11 is 0. The summed E-state index contributed by atoms with van der Waals surface area (Å²) in [6.07, 6.45) is 2.12. The molecule has 1 fully saturated rings. The number of hydrogen-bond donors (Lipinski definition) is 2. The minimum Gasteiger partial charge on any atom is -0.313 e. The standard InChI is InChI=1S/C15H23N3O/c1-2-3-11-18(13-7-5-4-6-8-13)15(19)14-12-16-9-10-17-14/h4-8,14,16-17H,2-3,9-12H2,1H3. The SMILES string of the molecule is CCCCN(C(=O)C1CNCCN1)c1ccccc1. The molecule has 1 aliphatic rings. The molecule has 4 heteroatoms. The van der Waals surface area contributed by atoms with E-state index in [2.05, 4.69) is 17.6 Å². The van der Waals surface area contributed by atoms with E-state index in [1.54, 1.807) is 0 Å². The molecule has 1 aliphatic heterocycles. The summed E-state index contributed by atoms with van der Waals surface area (Å²) in [5.74, 6) is 0.173. The zero-order valence-corrected chi connectivity index (χ0v) is 11.6. The van der Waals surface area contributed by atoms with E-state index in [0.29, 0.717) is 6.54 Å². The van der Waals surface area contributed by atoms with Crippen LogP contribution in [-0.2, 0) is 4.79 Å². The topological polar surface area (TPSA) is 44.4 Å². The lowest BCUT2D eigenvalue weighted by Crippen LogP contribution is -2.56. The molecule has 2 rings (SSSR count). The lowest BCUT2D eigenvalue weighted by Gasteiger charge is -2.30. The Morgan fingerprint density at radius 2 is 2.11 bits per heavy atom. The molecule has 1 atom stereocenters. The molecular weight excluding hydrogens is 238 g/mol. The van der Waals surface area contributed by atoms with Gasteiger partial charge in [-0.3, -0.25) is 4.79 Å². The Kier molecular flexibility index (Phi) is 5.36. The smallest absolute Gasteiger partial charge is 0.245 e. The second-order valence-corrected chi connectivity index (χ2v) is 4.89. The summed E-state index contributed by atoms with van der Waals surface area (Å²) < 4.78 is 0. The Morgan fingerprint density at radius 3 is 2.74 bits per heavy atom. The van der Waals surface area contributed by atoms with Crippen LogP contribution in [0.25, 0.3) is 0 Å². The molecule has 0 spiro atoms. The first kappa shape index (κ1) is 14.0. The van der Waals surface area contributed by atoms with Crippen molar-refractivity contribution in [1.29, 1.82) is 0 Å². The predicted octanol–water partition coefficient (Wildman–Crippen LogP) is 1.38. The van der Waals surface area contributed by atoms with Crippen molar-refractivity contribution in [3.63, 3.8) is 0 Å². The Balaban J connectivity index is 2.10. The minimum absolute atomic E-state index is 0.106. The Hall–Kier alpha value is -1.39. The van der Waals surface area contributed by atoms with Crippen molar-refractivity contribution in [3.05, 3.63) is 30.3 Å². The maximum absolute atomic E-state index is 12.6. The molecule has 2 N–H and O–H groups in total. The summed E-state index contributed by atoms with van der Waals surface area (Å²) in [7, 11) is 0. The number of carbonyl (C=O) groups excluding carboxylic acids is 1. The van der Waals surface area contributed by atoms with Gasteiger partial charge in [0, 0.05) is 31.9 Å².